The first-order chi connectivity index (χ1) is 20.5. The van der Waals surface area contributed by atoms with E-state index < -0.39 is 0 Å². The molecule has 0 aliphatic heterocycles. The molecule has 0 spiro atoms. The van der Waals surface area contributed by atoms with Crippen molar-refractivity contribution in [1.82, 2.24) is 0 Å². The van der Waals surface area contributed by atoms with Gasteiger partial charge in [0.05, 0.1) is 0 Å². The van der Waals surface area contributed by atoms with E-state index in [2.05, 4.69) is 54.5 Å². The molecule has 4 fully saturated rings. The van der Waals surface area contributed by atoms with E-state index in [-0.39, 0.29) is 50.6 Å². The van der Waals surface area contributed by atoms with Crippen LogP contribution in [0.1, 0.15) is 118 Å². The van der Waals surface area contributed by atoms with Crippen LogP contribution in [0.5, 0.6) is 11.5 Å². The maximum absolute atomic E-state index is 13.0. The summed E-state index contributed by atoms with van der Waals surface area (Å²) in [6, 6.07) is 4.51. The zero-order valence-corrected chi connectivity index (χ0v) is 28.2. The number of fused-ring (bicyclic) bond motifs is 7. The zero-order valence-electron chi connectivity index (χ0n) is 28.2. The Hall–Kier alpha value is -2.27. The molecule has 44 heavy (non-hydrogen) atoms. The predicted octanol–water partition coefficient (Wildman–Crippen LogP) is 8.82. The van der Waals surface area contributed by atoms with E-state index in [1.54, 1.807) is 17.7 Å². The van der Waals surface area contributed by atoms with Crippen molar-refractivity contribution in [3.63, 3.8) is 0 Å². The van der Waals surface area contributed by atoms with Crippen LogP contribution < -0.4 is 0 Å². The SMILES string of the molecule is CC1(C)CC[C@]2(CO)CC[C@]3(C)C(=CC[C@@H]4[C@@]5(C)CC[C@H](OC(=O)/C=C/c6ccc(O)c(O)c6)C(C)(C)[C@@H]5CC[C@]43C)[C@@H]2C1. The van der Waals surface area contributed by atoms with Crippen LogP contribution in [0, 0.1) is 50.2 Å². The van der Waals surface area contributed by atoms with Gasteiger partial charge in [-0.15, -0.1) is 0 Å². The standard InChI is InChI=1S/C39H56O5/c1-34(2)18-20-39(24-40)21-19-37(6)26(27(39)23-34)10-12-31-36(5)16-15-32(35(3,4)30(36)14-17-38(31,37)7)44-33(43)13-9-25-8-11-28(41)29(42)22-25/h8-11,13,22,27,30-32,40-42H,12,14-21,23-24H2,1-7H3/b13-9+/t27-,30-,31+,32-,36-,37+,38+,39+/m0/s1. The Morgan fingerprint density at radius 1 is 0.909 bits per heavy atom. The van der Waals surface area contributed by atoms with Crippen LogP contribution in [0.25, 0.3) is 6.08 Å². The molecule has 0 heterocycles. The highest BCUT2D eigenvalue weighted by molar-refractivity contribution is 5.87. The van der Waals surface area contributed by atoms with Crippen molar-refractivity contribution in [3.8, 4) is 11.5 Å². The fraction of sp³-hybridized carbons (Fsp3) is 0.718. The number of aliphatic hydroxyl groups excluding tert-OH is 1. The first-order valence-corrected chi connectivity index (χ1v) is 17.2. The van der Waals surface area contributed by atoms with Crippen LogP contribution in [-0.4, -0.2) is 34.0 Å². The Balaban J connectivity index is 1.24. The highest BCUT2D eigenvalue weighted by Crippen LogP contribution is 2.75. The van der Waals surface area contributed by atoms with Gasteiger partial charge in [0.25, 0.3) is 0 Å². The van der Waals surface area contributed by atoms with Crippen molar-refractivity contribution in [3.05, 3.63) is 41.5 Å². The molecule has 5 heteroatoms. The molecule has 5 nitrogen and oxygen atoms in total. The first kappa shape index (κ1) is 31.7. The lowest BCUT2D eigenvalue weighted by atomic mass is 9.33. The fourth-order valence-corrected chi connectivity index (χ4v) is 11.8. The Kier molecular flexibility index (Phi) is 7.47. The fourth-order valence-electron chi connectivity index (χ4n) is 11.8. The van der Waals surface area contributed by atoms with Gasteiger partial charge in [-0.05, 0) is 127 Å². The number of carbonyl (C=O) groups excluding carboxylic acids is 1. The maximum atomic E-state index is 13.0. The molecule has 3 N–H and O–H groups in total. The summed E-state index contributed by atoms with van der Waals surface area (Å²) in [7, 11) is 0. The number of hydrogen-bond donors (Lipinski definition) is 3. The van der Waals surface area contributed by atoms with E-state index in [1.807, 2.05) is 0 Å². The van der Waals surface area contributed by atoms with E-state index in [4.69, 9.17) is 4.74 Å². The number of ether oxygens (including phenoxy) is 1. The second-order valence-corrected chi connectivity index (χ2v) is 17.6. The van der Waals surface area contributed by atoms with Crippen molar-refractivity contribution in [1.29, 1.82) is 0 Å². The number of hydrogen-bond acceptors (Lipinski definition) is 5. The van der Waals surface area contributed by atoms with Gasteiger partial charge in [0.2, 0.25) is 0 Å². The highest BCUT2D eigenvalue weighted by atomic mass is 16.5. The normalized spacial score (nSPS) is 42.3. The van der Waals surface area contributed by atoms with Crippen molar-refractivity contribution in [2.24, 2.45) is 50.2 Å². The molecule has 0 radical (unpaired) electrons. The van der Waals surface area contributed by atoms with E-state index in [9.17, 15) is 20.1 Å². The number of rotatable bonds is 4. The van der Waals surface area contributed by atoms with Crippen LogP contribution in [0.2, 0.25) is 0 Å². The summed E-state index contributed by atoms with van der Waals surface area (Å²) in [5.41, 5.74) is 3.09. The molecule has 0 unspecified atom stereocenters. The smallest absolute Gasteiger partial charge is 0.331 e. The van der Waals surface area contributed by atoms with Gasteiger partial charge in [-0.25, -0.2) is 4.79 Å². The van der Waals surface area contributed by atoms with Crippen molar-refractivity contribution in [2.75, 3.05) is 6.61 Å². The summed E-state index contributed by atoms with van der Waals surface area (Å²) >= 11 is 0. The second kappa shape index (κ2) is 10.4. The number of aliphatic hydroxyl groups is 1. The van der Waals surface area contributed by atoms with Crippen LogP contribution in [0.3, 0.4) is 0 Å². The summed E-state index contributed by atoms with van der Waals surface area (Å²) in [6.07, 6.45) is 16.8. The lowest BCUT2D eigenvalue weighted by Crippen LogP contribution is -2.65. The Labute approximate surface area is 265 Å². The molecular weight excluding hydrogens is 548 g/mol. The van der Waals surface area contributed by atoms with E-state index >= 15 is 0 Å². The van der Waals surface area contributed by atoms with Gasteiger partial charge in [0, 0.05) is 23.5 Å². The molecule has 0 bridgehead atoms. The van der Waals surface area contributed by atoms with E-state index in [0.29, 0.717) is 35.3 Å². The van der Waals surface area contributed by atoms with E-state index in [1.165, 1.54) is 43.9 Å². The van der Waals surface area contributed by atoms with Crippen molar-refractivity contribution < 1.29 is 24.9 Å². The molecule has 242 valence electrons. The Morgan fingerprint density at radius 2 is 1.64 bits per heavy atom. The Bertz CT molecular complexity index is 1370. The number of benzene rings is 1. The van der Waals surface area contributed by atoms with Gasteiger partial charge in [0.1, 0.15) is 6.10 Å². The molecule has 6 rings (SSSR count). The average molecular weight is 605 g/mol. The number of carbonyl (C=O) groups is 1. The molecular formula is C39H56O5. The third kappa shape index (κ3) is 4.61. The van der Waals surface area contributed by atoms with Crippen molar-refractivity contribution >= 4 is 12.0 Å². The molecule has 4 saturated carbocycles. The predicted molar refractivity (Wildman–Crippen MR) is 175 cm³/mol. The molecule has 5 aliphatic carbocycles. The maximum Gasteiger partial charge on any atom is 0.331 e. The summed E-state index contributed by atoms with van der Waals surface area (Å²) in [4.78, 5) is 13.0. The summed E-state index contributed by atoms with van der Waals surface area (Å²) in [6.45, 7) is 17.6. The second-order valence-electron chi connectivity index (χ2n) is 17.6. The number of phenols is 2. The largest absolute Gasteiger partial charge is 0.504 e. The molecule has 0 saturated heterocycles. The van der Waals surface area contributed by atoms with Crippen LogP contribution in [-0.2, 0) is 9.53 Å². The van der Waals surface area contributed by atoms with Crippen LogP contribution >= 0.6 is 0 Å². The molecule has 8 atom stereocenters. The summed E-state index contributed by atoms with van der Waals surface area (Å²) in [5, 5.41) is 30.2. The minimum atomic E-state index is -0.359. The van der Waals surface area contributed by atoms with Gasteiger partial charge in [0.15, 0.2) is 11.5 Å². The van der Waals surface area contributed by atoms with Crippen LogP contribution in [0.15, 0.2) is 35.9 Å². The zero-order chi connectivity index (χ0) is 31.9. The molecule has 1 aromatic rings. The highest BCUT2D eigenvalue weighted by Gasteiger charge is 2.68. The molecule has 1 aromatic carbocycles. The number of allylic oxidation sites excluding steroid dienone is 2. The van der Waals surface area contributed by atoms with E-state index in [0.717, 1.165) is 38.5 Å². The monoisotopic (exact) mass is 604 g/mol. The quantitative estimate of drug-likeness (QED) is 0.138. The van der Waals surface area contributed by atoms with Crippen molar-refractivity contribution in [2.45, 2.75) is 119 Å². The van der Waals surface area contributed by atoms with Gasteiger partial charge >= 0.3 is 5.97 Å². The lowest BCUT2D eigenvalue weighted by Gasteiger charge is -2.71. The number of phenolic OH excluding ortho intramolecular Hbond substituents is 2. The third-order valence-electron chi connectivity index (χ3n) is 14.7. The Morgan fingerprint density at radius 3 is 2.34 bits per heavy atom. The van der Waals surface area contributed by atoms with Gasteiger partial charge in [-0.1, -0.05) is 66.2 Å². The number of esters is 1. The molecule has 0 aromatic heterocycles. The first-order valence-electron chi connectivity index (χ1n) is 17.2. The summed E-state index contributed by atoms with van der Waals surface area (Å²) < 4.78 is 6.17. The average Bonchev–Trinajstić information content (AvgIpc) is 2.95. The van der Waals surface area contributed by atoms with Crippen LogP contribution in [0.4, 0.5) is 0 Å². The minimum Gasteiger partial charge on any atom is -0.504 e. The van der Waals surface area contributed by atoms with Gasteiger partial charge in [-0.3, -0.25) is 0 Å². The summed E-state index contributed by atoms with van der Waals surface area (Å²) in [5.74, 6) is 0.785. The topological polar surface area (TPSA) is 87.0 Å². The van der Waals surface area contributed by atoms with Gasteiger partial charge < -0.3 is 20.1 Å². The number of aromatic hydroxyl groups is 2. The molecule has 0 amide bonds. The van der Waals surface area contributed by atoms with Gasteiger partial charge in [-0.2, -0.15) is 0 Å². The minimum absolute atomic E-state index is 0.0617. The third-order valence-corrected chi connectivity index (χ3v) is 14.7. The molecule has 5 aliphatic rings. The lowest BCUT2D eigenvalue weighted by molar-refractivity contribution is -0.212.